The summed E-state index contributed by atoms with van der Waals surface area (Å²) in [4.78, 5) is 49.0. The maximum atomic E-state index is 13.3. The van der Waals surface area contributed by atoms with Gasteiger partial charge in [-0.25, -0.2) is 0 Å². The summed E-state index contributed by atoms with van der Waals surface area (Å²) in [5.74, 6) is -1.17. The Kier molecular flexibility index (Phi) is 12.8. The molecule has 2 fully saturated rings. The molecule has 2 aliphatic rings. The fourth-order valence-corrected chi connectivity index (χ4v) is 7.16. The van der Waals surface area contributed by atoms with Crippen LogP contribution in [-0.4, -0.2) is 91.1 Å². The number of benzene rings is 2. The highest BCUT2D eigenvalue weighted by molar-refractivity contribution is 6.42. The van der Waals surface area contributed by atoms with E-state index in [0.717, 1.165) is 51.0 Å². The van der Waals surface area contributed by atoms with Crippen molar-refractivity contribution in [2.24, 2.45) is 16.8 Å². The van der Waals surface area contributed by atoms with E-state index in [4.69, 9.17) is 57.0 Å². The number of hydrogen-bond acceptors (Lipinski definition) is 6. The predicted octanol–water partition coefficient (Wildman–Crippen LogP) is 6.13. The van der Waals surface area contributed by atoms with Gasteiger partial charge in [-0.1, -0.05) is 57.6 Å². The molecule has 2 aromatic rings. The first-order valence-corrected chi connectivity index (χ1v) is 16.6. The standard InChI is InChI=1S/C32H39Cl4N5O4/c1-39(31(43)22-14-23(33)18-24(34)15-22)19-29(38-45-2)26(20-5-6-27(35)28(36)16-20)9-13-40-11-7-25(8-12-40)41-10-3-4-21(32(41)44)17-30(37)42/h5-6,14-16,18,21,25-26H,3-4,7-13,17,19H2,1-2H3,(H2,37,42)/b38-29+. The number of primary amides is 1. The van der Waals surface area contributed by atoms with Gasteiger partial charge in [0.05, 0.1) is 22.3 Å². The third kappa shape index (κ3) is 9.48. The zero-order valence-electron chi connectivity index (χ0n) is 25.5. The topological polar surface area (TPSA) is 109 Å². The first kappa shape index (κ1) is 35.3. The maximum Gasteiger partial charge on any atom is 0.254 e. The van der Waals surface area contributed by atoms with Crippen molar-refractivity contribution >= 4 is 69.8 Å². The van der Waals surface area contributed by atoms with Crippen molar-refractivity contribution in [1.29, 1.82) is 0 Å². The van der Waals surface area contributed by atoms with Crippen molar-refractivity contribution in [1.82, 2.24) is 14.7 Å². The first-order valence-electron chi connectivity index (χ1n) is 15.0. The Morgan fingerprint density at radius 2 is 1.71 bits per heavy atom. The summed E-state index contributed by atoms with van der Waals surface area (Å²) in [5.41, 5.74) is 7.31. The van der Waals surface area contributed by atoms with E-state index in [2.05, 4.69) is 10.1 Å². The Morgan fingerprint density at radius 1 is 1.02 bits per heavy atom. The van der Waals surface area contributed by atoms with Gasteiger partial charge in [0, 0.05) is 66.6 Å². The van der Waals surface area contributed by atoms with E-state index in [0.29, 0.717) is 44.2 Å². The number of nitrogens with two attached hydrogens (primary N) is 1. The third-order valence-corrected chi connectivity index (χ3v) is 9.75. The first-order chi connectivity index (χ1) is 21.5. The Balaban J connectivity index is 1.45. The molecular formula is C32H39Cl4N5O4. The zero-order chi connectivity index (χ0) is 32.7. The van der Waals surface area contributed by atoms with Gasteiger partial charge in [-0.3, -0.25) is 14.4 Å². The Hall–Kier alpha value is -2.56. The summed E-state index contributed by atoms with van der Waals surface area (Å²) < 4.78 is 0. The SMILES string of the molecule is CO/N=C(\CN(C)C(=O)c1cc(Cl)cc(Cl)c1)C(CCN1CCC(N2CCCC(CC(N)=O)C2=O)CC1)c1ccc(Cl)c(Cl)c1. The van der Waals surface area contributed by atoms with E-state index in [-0.39, 0.29) is 42.7 Å². The molecule has 9 nitrogen and oxygen atoms in total. The number of carbonyl (C=O) groups excluding carboxylic acids is 3. The van der Waals surface area contributed by atoms with Crippen molar-refractivity contribution in [2.45, 2.75) is 50.5 Å². The molecule has 0 aliphatic carbocycles. The second kappa shape index (κ2) is 16.3. The molecule has 3 amide bonds. The lowest BCUT2D eigenvalue weighted by Gasteiger charge is -2.42. The second-order valence-electron chi connectivity index (χ2n) is 11.7. The molecule has 0 radical (unpaired) electrons. The van der Waals surface area contributed by atoms with Gasteiger partial charge in [-0.15, -0.1) is 0 Å². The number of halogens is 4. The number of rotatable bonds is 12. The van der Waals surface area contributed by atoms with Crippen molar-refractivity contribution in [3.63, 3.8) is 0 Å². The summed E-state index contributed by atoms with van der Waals surface area (Å²) in [6.45, 7) is 3.32. The number of carbonyl (C=O) groups is 3. The molecule has 2 aromatic carbocycles. The van der Waals surface area contributed by atoms with Gasteiger partial charge in [-0.2, -0.15) is 0 Å². The van der Waals surface area contributed by atoms with Gasteiger partial charge < -0.3 is 25.3 Å². The number of piperidine rings is 2. The minimum Gasteiger partial charge on any atom is -0.399 e. The summed E-state index contributed by atoms with van der Waals surface area (Å²) in [6, 6.07) is 10.4. The molecule has 0 bridgehead atoms. The maximum absolute atomic E-state index is 13.3. The van der Waals surface area contributed by atoms with Crippen molar-refractivity contribution in [3.05, 3.63) is 67.6 Å². The van der Waals surface area contributed by atoms with Gasteiger partial charge in [0.1, 0.15) is 7.11 Å². The van der Waals surface area contributed by atoms with Crippen LogP contribution in [0.15, 0.2) is 41.6 Å². The lowest BCUT2D eigenvalue weighted by molar-refractivity contribution is -0.144. The molecule has 2 saturated heterocycles. The third-order valence-electron chi connectivity index (χ3n) is 8.58. The molecule has 2 unspecified atom stereocenters. The van der Waals surface area contributed by atoms with E-state index < -0.39 is 5.91 Å². The molecule has 13 heteroatoms. The molecule has 45 heavy (non-hydrogen) atoms. The quantitative estimate of drug-likeness (QED) is 0.212. The van der Waals surface area contributed by atoms with Gasteiger partial charge >= 0.3 is 0 Å². The van der Waals surface area contributed by atoms with Gasteiger partial charge in [0.2, 0.25) is 11.8 Å². The van der Waals surface area contributed by atoms with Crippen LogP contribution in [0.4, 0.5) is 0 Å². The Morgan fingerprint density at radius 3 is 2.33 bits per heavy atom. The van der Waals surface area contributed by atoms with E-state index in [1.54, 1.807) is 36.2 Å². The van der Waals surface area contributed by atoms with Crippen LogP contribution < -0.4 is 5.73 Å². The lowest BCUT2D eigenvalue weighted by Crippen LogP contribution is -2.52. The average molecular weight is 700 g/mol. The van der Waals surface area contributed by atoms with E-state index >= 15 is 0 Å². The fourth-order valence-electron chi connectivity index (χ4n) is 6.32. The zero-order valence-corrected chi connectivity index (χ0v) is 28.5. The molecule has 2 N–H and O–H groups in total. The molecular weight excluding hydrogens is 660 g/mol. The van der Waals surface area contributed by atoms with Crippen LogP contribution in [0.1, 0.15) is 60.4 Å². The summed E-state index contributed by atoms with van der Waals surface area (Å²) in [5, 5.41) is 5.99. The van der Waals surface area contributed by atoms with Crippen molar-refractivity contribution in [3.8, 4) is 0 Å². The lowest BCUT2D eigenvalue weighted by atomic mass is 9.89. The highest BCUT2D eigenvalue weighted by Gasteiger charge is 2.35. The smallest absolute Gasteiger partial charge is 0.254 e. The number of nitrogens with zero attached hydrogens (tertiary/aromatic N) is 4. The van der Waals surface area contributed by atoms with Gasteiger partial charge in [0.15, 0.2) is 0 Å². The number of hydrogen-bond donors (Lipinski definition) is 1. The number of oxime groups is 1. The largest absolute Gasteiger partial charge is 0.399 e. The molecule has 2 aliphatic heterocycles. The van der Waals surface area contributed by atoms with E-state index in [9.17, 15) is 14.4 Å². The van der Waals surface area contributed by atoms with Crippen LogP contribution in [0.5, 0.6) is 0 Å². The summed E-state index contributed by atoms with van der Waals surface area (Å²) in [6.07, 6.45) is 4.10. The molecule has 2 heterocycles. The molecule has 244 valence electrons. The molecule has 0 spiro atoms. The highest BCUT2D eigenvalue weighted by atomic mass is 35.5. The van der Waals surface area contributed by atoms with Crippen LogP contribution in [0.2, 0.25) is 20.1 Å². The van der Waals surface area contributed by atoms with Crippen LogP contribution >= 0.6 is 46.4 Å². The minimum atomic E-state index is -0.428. The number of amides is 3. The fraction of sp³-hybridized carbons (Fsp3) is 0.500. The van der Waals surface area contributed by atoms with Crippen LogP contribution in [0, 0.1) is 5.92 Å². The highest BCUT2D eigenvalue weighted by Crippen LogP contribution is 2.31. The molecule has 0 aromatic heterocycles. The number of likely N-dealkylation sites (tertiary alicyclic amines) is 2. The summed E-state index contributed by atoms with van der Waals surface area (Å²) >= 11 is 25.0. The monoisotopic (exact) mass is 697 g/mol. The van der Waals surface area contributed by atoms with Gasteiger partial charge in [0.25, 0.3) is 5.91 Å². The van der Waals surface area contributed by atoms with E-state index in [1.165, 1.54) is 7.11 Å². The minimum absolute atomic E-state index is 0.0531. The Bertz CT molecular complexity index is 1400. The average Bonchev–Trinajstić information content (AvgIpc) is 2.99. The summed E-state index contributed by atoms with van der Waals surface area (Å²) in [7, 11) is 3.17. The van der Waals surface area contributed by atoms with Crippen molar-refractivity contribution in [2.75, 3.05) is 46.9 Å². The molecule has 2 atom stereocenters. The van der Waals surface area contributed by atoms with Crippen LogP contribution in [0.3, 0.4) is 0 Å². The van der Waals surface area contributed by atoms with Crippen LogP contribution in [-0.2, 0) is 14.4 Å². The van der Waals surface area contributed by atoms with Gasteiger partial charge in [-0.05, 0) is 74.5 Å². The predicted molar refractivity (Wildman–Crippen MR) is 179 cm³/mol. The van der Waals surface area contributed by atoms with E-state index in [1.807, 2.05) is 17.0 Å². The Labute approximate surface area is 284 Å². The second-order valence-corrected chi connectivity index (χ2v) is 13.4. The normalized spacial score (nSPS) is 19.0. The molecule has 4 rings (SSSR count). The van der Waals surface area contributed by atoms with Crippen LogP contribution in [0.25, 0.3) is 0 Å². The molecule has 0 saturated carbocycles. The van der Waals surface area contributed by atoms with Crippen molar-refractivity contribution < 1.29 is 19.2 Å².